The summed E-state index contributed by atoms with van der Waals surface area (Å²) in [5.74, 6) is 0.107. The second kappa shape index (κ2) is 9.64. The van der Waals surface area contributed by atoms with Gasteiger partial charge in [0.15, 0.2) is 4.80 Å². The second-order valence-electron chi connectivity index (χ2n) is 7.46. The minimum absolute atomic E-state index is 0.178. The molecule has 1 aliphatic rings. The Labute approximate surface area is 199 Å². The van der Waals surface area contributed by atoms with E-state index in [1.807, 2.05) is 0 Å². The number of thiazole rings is 1. The van der Waals surface area contributed by atoms with Gasteiger partial charge in [0, 0.05) is 11.6 Å². The first-order valence-electron chi connectivity index (χ1n) is 10.5. The molecule has 0 unspecified atom stereocenters. The van der Waals surface area contributed by atoms with E-state index in [4.69, 9.17) is 14.2 Å². The molecule has 176 valence electrons. The predicted octanol–water partition coefficient (Wildman–Crippen LogP) is 2.95. The Morgan fingerprint density at radius 3 is 2.56 bits per heavy atom. The summed E-state index contributed by atoms with van der Waals surface area (Å²) in [4.78, 5) is 31.6. The largest absolute Gasteiger partial charge is 0.497 e. The summed E-state index contributed by atoms with van der Waals surface area (Å²) in [5, 5.41) is 0. The topological polar surface area (TPSA) is 79.1 Å². The molecule has 0 spiro atoms. The Morgan fingerprint density at radius 2 is 1.91 bits per heavy atom. The fourth-order valence-corrected chi connectivity index (χ4v) is 4.89. The van der Waals surface area contributed by atoms with E-state index in [9.17, 15) is 14.0 Å². The Hall–Kier alpha value is -3.72. The lowest BCUT2D eigenvalue weighted by Gasteiger charge is -2.26. The molecule has 1 aliphatic heterocycles. The molecule has 2 heterocycles. The first-order valence-corrected chi connectivity index (χ1v) is 11.4. The lowest BCUT2D eigenvalue weighted by molar-refractivity contribution is -0.139. The Bertz CT molecular complexity index is 1450. The standard InChI is InChI=1S/C25H23FN2O5S/c1-5-33-24(30)21-14(2)27-25-28(22(21)18-11-10-17(31-3)13-19(18)32-4)23(29)20(34-25)12-15-6-8-16(26)9-7-15/h6-13,22H,5H2,1-4H3/b20-12-/t22-/m0/s1. The SMILES string of the molecule is CCOC(=O)C1=C(C)N=c2s/c(=C\c3ccc(F)cc3)c(=O)n2[C@H]1c1ccc(OC)cc1OC. The summed E-state index contributed by atoms with van der Waals surface area (Å²) in [6.45, 7) is 3.61. The number of halogens is 1. The quantitative estimate of drug-likeness (QED) is 0.505. The number of methoxy groups -OCH3 is 2. The normalized spacial score (nSPS) is 15.6. The van der Waals surface area contributed by atoms with Crippen molar-refractivity contribution >= 4 is 23.4 Å². The van der Waals surface area contributed by atoms with Crippen LogP contribution >= 0.6 is 11.3 Å². The number of fused-ring (bicyclic) bond motifs is 1. The molecule has 1 aromatic heterocycles. The average molecular weight is 483 g/mol. The number of nitrogens with zero attached hydrogens (tertiary/aromatic N) is 2. The van der Waals surface area contributed by atoms with Crippen LogP contribution in [0.5, 0.6) is 11.5 Å². The lowest BCUT2D eigenvalue weighted by atomic mass is 9.95. The van der Waals surface area contributed by atoms with Crippen molar-refractivity contribution < 1.29 is 23.4 Å². The fourth-order valence-electron chi connectivity index (χ4n) is 3.84. The summed E-state index contributed by atoms with van der Waals surface area (Å²) < 4.78 is 31.4. The molecule has 0 saturated carbocycles. The molecule has 0 fully saturated rings. The van der Waals surface area contributed by atoms with Gasteiger partial charge in [-0.1, -0.05) is 23.5 Å². The first kappa shape index (κ1) is 23.4. The van der Waals surface area contributed by atoms with Crippen LogP contribution in [0.4, 0.5) is 4.39 Å². The van der Waals surface area contributed by atoms with Crippen LogP contribution in [0.2, 0.25) is 0 Å². The van der Waals surface area contributed by atoms with Gasteiger partial charge in [-0.3, -0.25) is 9.36 Å². The number of aromatic nitrogens is 1. The van der Waals surface area contributed by atoms with Crippen molar-refractivity contribution in [1.29, 1.82) is 0 Å². The Morgan fingerprint density at radius 1 is 1.18 bits per heavy atom. The number of rotatable bonds is 6. The van der Waals surface area contributed by atoms with E-state index in [1.165, 1.54) is 35.1 Å². The summed E-state index contributed by atoms with van der Waals surface area (Å²) >= 11 is 1.19. The monoisotopic (exact) mass is 482 g/mol. The van der Waals surface area contributed by atoms with Crippen LogP contribution in [0, 0.1) is 5.82 Å². The second-order valence-corrected chi connectivity index (χ2v) is 8.47. The van der Waals surface area contributed by atoms with Crippen molar-refractivity contribution in [2.75, 3.05) is 20.8 Å². The van der Waals surface area contributed by atoms with E-state index in [2.05, 4.69) is 4.99 Å². The highest BCUT2D eigenvalue weighted by atomic mass is 32.1. The van der Waals surface area contributed by atoms with Crippen LogP contribution in [0.3, 0.4) is 0 Å². The molecule has 0 N–H and O–H groups in total. The maximum absolute atomic E-state index is 13.6. The zero-order chi connectivity index (χ0) is 24.4. The van der Waals surface area contributed by atoms with Crippen molar-refractivity contribution in [3.8, 4) is 11.5 Å². The minimum atomic E-state index is -0.813. The van der Waals surface area contributed by atoms with Gasteiger partial charge in [-0.05, 0) is 49.8 Å². The molecule has 3 aromatic rings. The Kier molecular flexibility index (Phi) is 6.65. The number of esters is 1. The summed E-state index contributed by atoms with van der Waals surface area (Å²) in [6.07, 6.45) is 1.68. The van der Waals surface area contributed by atoms with Crippen molar-refractivity contribution in [3.63, 3.8) is 0 Å². The van der Waals surface area contributed by atoms with E-state index in [0.717, 1.165) is 0 Å². The van der Waals surface area contributed by atoms with Crippen LogP contribution < -0.4 is 24.4 Å². The summed E-state index contributed by atoms with van der Waals surface area (Å²) in [7, 11) is 3.05. The molecule has 7 nitrogen and oxygen atoms in total. The van der Waals surface area contributed by atoms with E-state index in [-0.39, 0.29) is 23.6 Å². The average Bonchev–Trinajstić information content (AvgIpc) is 3.13. The summed E-state index contributed by atoms with van der Waals surface area (Å²) in [6, 6.07) is 10.2. The van der Waals surface area contributed by atoms with E-state index in [0.29, 0.717) is 37.7 Å². The molecule has 9 heteroatoms. The van der Waals surface area contributed by atoms with Gasteiger partial charge in [-0.25, -0.2) is 14.2 Å². The number of ether oxygens (including phenoxy) is 3. The third-order valence-electron chi connectivity index (χ3n) is 5.42. The molecule has 2 aromatic carbocycles. The number of carbonyl (C=O) groups is 1. The first-order chi connectivity index (χ1) is 16.4. The van der Waals surface area contributed by atoms with Gasteiger partial charge in [-0.2, -0.15) is 0 Å². The highest BCUT2D eigenvalue weighted by Gasteiger charge is 2.35. The van der Waals surface area contributed by atoms with Crippen LogP contribution in [-0.2, 0) is 9.53 Å². The van der Waals surface area contributed by atoms with E-state index in [1.54, 1.807) is 57.4 Å². The predicted molar refractivity (Wildman–Crippen MR) is 126 cm³/mol. The highest BCUT2D eigenvalue weighted by molar-refractivity contribution is 7.07. The molecule has 0 amide bonds. The lowest BCUT2D eigenvalue weighted by Crippen LogP contribution is -2.40. The van der Waals surface area contributed by atoms with Crippen LogP contribution in [0.15, 0.2) is 63.5 Å². The van der Waals surface area contributed by atoms with Crippen LogP contribution in [-0.4, -0.2) is 31.4 Å². The fraction of sp³-hybridized carbons (Fsp3) is 0.240. The molecular formula is C25H23FN2O5S. The number of allylic oxidation sites excluding steroid dienone is 1. The molecule has 0 aliphatic carbocycles. The maximum Gasteiger partial charge on any atom is 0.338 e. The van der Waals surface area contributed by atoms with Gasteiger partial charge in [0.1, 0.15) is 23.4 Å². The smallest absolute Gasteiger partial charge is 0.338 e. The maximum atomic E-state index is 13.6. The van der Waals surface area contributed by atoms with Crippen molar-refractivity contribution in [2.45, 2.75) is 19.9 Å². The highest BCUT2D eigenvalue weighted by Crippen LogP contribution is 2.37. The van der Waals surface area contributed by atoms with Crippen LogP contribution in [0.1, 0.15) is 31.0 Å². The van der Waals surface area contributed by atoms with Gasteiger partial charge >= 0.3 is 5.97 Å². The molecule has 0 bridgehead atoms. The zero-order valence-corrected chi connectivity index (χ0v) is 19.9. The number of carbonyl (C=O) groups excluding carboxylic acids is 1. The van der Waals surface area contributed by atoms with E-state index >= 15 is 0 Å². The van der Waals surface area contributed by atoms with Crippen molar-refractivity contribution in [2.24, 2.45) is 4.99 Å². The van der Waals surface area contributed by atoms with Crippen molar-refractivity contribution in [3.05, 3.63) is 90.4 Å². The van der Waals surface area contributed by atoms with Crippen LogP contribution in [0.25, 0.3) is 6.08 Å². The molecule has 0 radical (unpaired) electrons. The van der Waals surface area contributed by atoms with Gasteiger partial charge in [0.2, 0.25) is 0 Å². The molecule has 4 rings (SSSR count). The molecule has 34 heavy (non-hydrogen) atoms. The van der Waals surface area contributed by atoms with Gasteiger partial charge in [0.25, 0.3) is 5.56 Å². The summed E-state index contributed by atoms with van der Waals surface area (Å²) in [5.41, 5.74) is 1.65. The van der Waals surface area contributed by atoms with Gasteiger partial charge in [0.05, 0.1) is 36.6 Å². The van der Waals surface area contributed by atoms with Gasteiger partial charge in [-0.15, -0.1) is 0 Å². The van der Waals surface area contributed by atoms with Gasteiger partial charge < -0.3 is 14.2 Å². The Balaban J connectivity index is 1.99. The number of benzene rings is 2. The minimum Gasteiger partial charge on any atom is -0.497 e. The molecule has 0 saturated heterocycles. The third-order valence-corrected chi connectivity index (χ3v) is 6.40. The third kappa shape index (κ3) is 4.26. The molecular weight excluding hydrogens is 459 g/mol. The number of hydrogen-bond acceptors (Lipinski definition) is 7. The van der Waals surface area contributed by atoms with E-state index < -0.39 is 12.0 Å². The van der Waals surface area contributed by atoms with Crippen molar-refractivity contribution in [1.82, 2.24) is 4.57 Å². The number of hydrogen-bond donors (Lipinski definition) is 0. The molecule has 1 atom stereocenters. The zero-order valence-electron chi connectivity index (χ0n) is 19.1.